The molecular weight excluding hydrogens is 331 g/mol. The molecule has 1 aromatic carbocycles. The van der Waals surface area contributed by atoms with Crippen LogP contribution in [0.4, 0.5) is 5.13 Å². The molecule has 4 nitrogen and oxygen atoms in total. The third-order valence-electron chi connectivity index (χ3n) is 2.63. The van der Waals surface area contributed by atoms with Crippen LogP contribution >= 0.6 is 34.5 Å². The van der Waals surface area contributed by atoms with Crippen molar-refractivity contribution in [3.05, 3.63) is 44.9 Å². The maximum Gasteiger partial charge on any atom is 0.252 e. The SMILES string of the molecule is CCOCC(=O)Nc1ncc(Cc2cccc(Cl)c2Cl)s1. The number of hydrogen-bond acceptors (Lipinski definition) is 4. The van der Waals surface area contributed by atoms with Crippen LogP contribution in [-0.2, 0) is 16.0 Å². The van der Waals surface area contributed by atoms with Crippen molar-refractivity contribution in [1.82, 2.24) is 4.98 Å². The molecule has 0 bridgehead atoms. The maximum absolute atomic E-state index is 11.5. The number of carbonyl (C=O) groups excluding carboxylic acids is 1. The first-order chi connectivity index (χ1) is 10.1. The molecule has 1 heterocycles. The number of ether oxygens (including phenoxy) is 1. The average Bonchev–Trinajstić information content (AvgIpc) is 2.89. The van der Waals surface area contributed by atoms with Crippen LogP contribution in [0.1, 0.15) is 17.4 Å². The first-order valence-electron chi connectivity index (χ1n) is 6.35. The molecule has 0 aliphatic carbocycles. The van der Waals surface area contributed by atoms with E-state index in [4.69, 9.17) is 27.9 Å². The van der Waals surface area contributed by atoms with E-state index in [9.17, 15) is 4.79 Å². The highest BCUT2D eigenvalue weighted by molar-refractivity contribution is 7.15. The molecule has 0 atom stereocenters. The number of nitrogens with one attached hydrogen (secondary N) is 1. The lowest BCUT2D eigenvalue weighted by Crippen LogP contribution is -2.17. The minimum atomic E-state index is -0.210. The van der Waals surface area contributed by atoms with Crippen molar-refractivity contribution in [2.24, 2.45) is 0 Å². The number of nitrogens with zero attached hydrogens (tertiary/aromatic N) is 1. The van der Waals surface area contributed by atoms with Gasteiger partial charge in [0.25, 0.3) is 5.91 Å². The van der Waals surface area contributed by atoms with Crippen molar-refractivity contribution in [3.63, 3.8) is 0 Å². The lowest BCUT2D eigenvalue weighted by atomic mass is 10.1. The Morgan fingerprint density at radius 3 is 3.00 bits per heavy atom. The second-order valence-electron chi connectivity index (χ2n) is 4.21. The first kappa shape index (κ1) is 16.2. The van der Waals surface area contributed by atoms with E-state index in [1.54, 1.807) is 12.3 Å². The molecule has 0 radical (unpaired) electrons. The van der Waals surface area contributed by atoms with Gasteiger partial charge in [0.1, 0.15) is 6.61 Å². The van der Waals surface area contributed by atoms with Crippen LogP contribution < -0.4 is 5.32 Å². The minimum absolute atomic E-state index is 0.0333. The summed E-state index contributed by atoms with van der Waals surface area (Å²) >= 11 is 13.5. The summed E-state index contributed by atoms with van der Waals surface area (Å²) in [5.74, 6) is -0.210. The van der Waals surface area contributed by atoms with Crippen LogP contribution in [0.15, 0.2) is 24.4 Å². The highest BCUT2D eigenvalue weighted by Gasteiger charge is 2.10. The zero-order valence-electron chi connectivity index (χ0n) is 11.4. The lowest BCUT2D eigenvalue weighted by molar-refractivity contribution is -0.120. The first-order valence-corrected chi connectivity index (χ1v) is 7.92. The number of halogens is 2. The van der Waals surface area contributed by atoms with E-state index in [0.29, 0.717) is 28.2 Å². The number of carbonyl (C=O) groups is 1. The van der Waals surface area contributed by atoms with Gasteiger partial charge in [0, 0.05) is 24.1 Å². The Bertz CT molecular complexity index is 631. The van der Waals surface area contributed by atoms with Gasteiger partial charge in [-0.05, 0) is 18.6 Å². The molecule has 0 spiro atoms. The monoisotopic (exact) mass is 344 g/mol. The Hall–Kier alpha value is -1.14. The molecule has 0 aliphatic heterocycles. The Balaban J connectivity index is 2.00. The molecule has 1 amide bonds. The van der Waals surface area contributed by atoms with Gasteiger partial charge < -0.3 is 4.74 Å². The summed E-state index contributed by atoms with van der Waals surface area (Å²) in [6, 6.07) is 5.52. The molecule has 1 aromatic heterocycles. The lowest BCUT2D eigenvalue weighted by Gasteiger charge is -2.03. The molecule has 2 rings (SSSR count). The maximum atomic E-state index is 11.5. The van der Waals surface area contributed by atoms with Gasteiger partial charge >= 0.3 is 0 Å². The molecule has 0 saturated carbocycles. The van der Waals surface area contributed by atoms with Crippen LogP contribution in [0, 0.1) is 0 Å². The van der Waals surface area contributed by atoms with Crippen LogP contribution in [0.2, 0.25) is 10.0 Å². The number of benzene rings is 1. The van der Waals surface area contributed by atoms with E-state index in [2.05, 4.69) is 10.3 Å². The van der Waals surface area contributed by atoms with Crippen LogP contribution in [0.3, 0.4) is 0 Å². The highest BCUT2D eigenvalue weighted by Crippen LogP contribution is 2.29. The number of aromatic nitrogens is 1. The fourth-order valence-corrected chi connectivity index (χ4v) is 2.91. The summed E-state index contributed by atoms with van der Waals surface area (Å²) in [6.45, 7) is 2.37. The predicted octanol–water partition coefficient (Wildman–Crippen LogP) is 4.02. The molecule has 21 heavy (non-hydrogen) atoms. The van der Waals surface area contributed by atoms with E-state index in [-0.39, 0.29) is 12.5 Å². The molecule has 0 fully saturated rings. The van der Waals surface area contributed by atoms with Crippen molar-refractivity contribution in [1.29, 1.82) is 0 Å². The number of rotatable bonds is 6. The molecular formula is C14H14Cl2N2O2S. The highest BCUT2D eigenvalue weighted by atomic mass is 35.5. The average molecular weight is 345 g/mol. The standard InChI is InChI=1S/C14H14Cl2N2O2S/c1-2-20-8-12(19)18-14-17-7-10(21-14)6-9-4-3-5-11(15)13(9)16/h3-5,7H,2,6,8H2,1H3,(H,17,18,19). The van der Waals surface area contributed by atoms with Gasteiger partial charge in [-0.3, -0.25) is 10.1 Å². The Labute approximate surface area is 137 Å². The van der Waals surface area contributed by atoms with Gasteiger partial charge in [0.15, 0.2) is 5.13 Å². The van der Waals surface area contributed by atoms with Gasteiger partial charge in [0.05, 0.1) is 10.0 Å². The Kier molecular flexibility index (Phi) is 5.99. The summed E-state index contributed by atoms with van der Waals surface area (Å²) in [6.07, 6.45) is 2.34. The van der Waals surface area contributed by atoms with Gasteiger partial charge in [-0.25, -0.2) is 4.98 Å². The summed E-state index contributed by atoms with van der Waals surface area (Å²) in [4.78, 5) is 16.7. The minimum Gasteiger partial charge on any atom is -0.372 e. The molecule has 7 heteroatoms. The third-order valence-corrected chi connectivity index (χ3v) is 4.40. The van der Waals surface area contributed by atoms with E-state index < -0.39 is 0 Å². The molecule has 0 saturated heterocycles. The molecule has 0 unspecified atom stereocenters. The van der Waals surface area contributed by atoms with E-state index >= 15 is 0 Å². The van der Waals surface area contributed by atoms with Gasteiger partial charge in [-0.2, -0.15) is 0 Å². The van der Waals surface area contributed by atoms with Crippen molar-refractivity contribution < 1.29 is 9.53 Å². The third kappa shape index (κ3) is 4.68. The molecule has 112 valence electrons. The molecule has 0 aliphatic rings. The summed E-state index contributed by atoms with van der Waals surface area (Å²) in [5, 5.41) is 4.32. The molecule has 1 N–H and O–H groups in total. The van der Waals surface area contributed by atoms with Crippen molar-refractivity contribution in [3.8, 4) is 0 Å². The zero-order chi connectivity index (χ0) is 15.2. The Morgan fingerprint density at radius 1 is 1.43 bits per heavy atom. The quantitative estimate of drug-likeness (QED) is 0.860. The number of thiazole rings is 1. The number of amides is 1. The summed E-state index contributed by atoms with van der Waals surface area (Å²) in [5.41, 5.74) is 0.931. The fourth-order valence-electron chi connectivity index (χ4n) is 1.67. The van der Waals surface area contributed by atoms with Crippen LogP contribution in [0.5, 0.6) is 0 Å². The molecule has 2 aromatic rings. The normalized spacial score (nSPS) is 10.6. The van der Waals surface area contributed by atoms with E-state index in [1.165, 1.54) is 11.3 Å². The van der Waals surface area contributed by atoms with Crippen molar-refractivity contribution in [2.45, 2.75) is 13.3 Å². The summed E-state index contributed by atoms with van der Waals surface area (Å²) < 4.78 is 5.03. The van der Waals surface area contributed by atoms with Crippen molar-refractivity contribution in [2.75, 3.05) is 18.5 Å². The van der Waals surface area contributed by atoms with E-state index in [0.717, 1.165) is 10.4 Å². The topological polar surface area (TPSA) is 51.2 Å². The summed E-state index contributed by atoms with van der Waals surface area (Å²) in [7, 11) is 0. The van der Waals surface area contributed by atoms with Crippen molar-refractivity contribution >= 4 is 45.6 Å². The number of anilines is 1. The fraction of sp³-hybridized carbons (Fsp3) is 0.286. The van der Waals surface area contributed by atoms with Crippen LogP contribution in [0.25, 0.3) is 0 Å². The van der Waals surface area contributed by atoms with Gasteiger partial charge in [0.2, 0.25) is 0 Å². The van der Waals surface area contributed by atoms with Gasteiger partial charge in [-0.1, -0.05) is 35.3 Å². The second kappa shape index (κ2) is 7.75. The van der Waals surface area contributed by atoms with Crippen LogP contribution in [-0.4, -0.2) is 24.1 Å². The smallest absolute Gasteiger partial charge is 0.252 e. The zero-order valence-corrected chi connectivity index (χ0v) is 13.7. The van der Waals surface area contributed by atoms with Gasteiger partial charge in [-0.15, -0.1) is 11.3 Å². The largest absolute Gasteiger partial charge is 0.372 e. The number of hydrogen-bond donors (Lipinski definition) is 1. The van der Waals surface area contributed by atoms with E-state index in [1.807, 2.05) is 19.1 Å². The second-order valence-corrected chi connectivity index (χ2v) is 6.11. The predicted molar refractivity (Wildman–Crippen MR) is 86.5 cm³/mol. The Morgan fingerprint density at radius 2 is 2.24 bits per heavy atom.